The van der Waals surface area contributed by atoms with Gasteiger partial charge in [-0.05, 0) is 54.8 Å². The molecule has 4 fully saturated rings. The number of ether oxygens (including phenoxy) is 4. The lowest BCUT2D eigenvalue weighted by Gasteiger charge is -2.53. The van der Waals surface area contributed by atoms with Crippen LogP contribution in [-0.4, -0.2) is 113 Å². The smallest absolute Gasteiger partial charge is 0.410 e. The van der Waals surface area contributed by atoms with Crippen LogP contribution in [0.5, 0.6) is 5.88 Å². The summed E-state index contributed by atoms with van der Waals surface area (Å²) in [6.45, 7) is 4.90. The van der Waals surface area contributed by atoms with Crippen molar-refractivity contribution in [3.8, 4) is 16.5 Å². The number of halogens is 2. The number of hydrogen-bond donors (Lipinski definition) is 1. The fourth-order valence-electron chi connectivity index (χ4n) is 7.20. The van der Waals surface area contributed by atoms with Gasteiger partial charge in [0.1, 0.15) is 35.4 Å². The molecular formula is C35H38F2N6O7S. The summed E-state index contributed by atoms with van der Waals surface area (Å²) < 4.78 is 51.8. The van der Waals surface area contributed by atoms with Crippen molar-refractivity contribution in [1.29, 1.82) is 0 Å². The first-order chi connectivity index (χ1) is 24.7. The van der Waals surface area contributed by atoms with Gasteiger partial charge in [-0.15, -0.1) is 11.3 Å². The molecule has 0 bridgehead atoms. The van der Waals surface area contributed by atoms with Crippen LogP contribution in [0.3, 0.4) is 0 Å². The Bertz CT molecular complexity index is 1820. The van der Waals surface area contributed by atoms with Crippen LogP contribution in [0.2, 0.25) is 0 Å². The van der Waals surface area contributed by atoms with E-state index >= 15 is 0 Å². The lowest BCUT2D eigenvalue weighted by molar-refractivity contribution is -0.228. The number of amides is 1. The van der Waals surface area contributed by atoms with E-state index in [0.717, 1.165) is 30.4 Å². The van der Waals surface area contributed by atoms with Gasteiger partial charge >= 0.3 is 12.1 Å². The maximum atomic E-state index is 13.9. The highest BCUT2D eigenvalue weighted by Gasteiger charge is 2.50. The normalized spacial score (nSPS) is 24.4. The van der Waals surface area contributed by atoms with Crippen molar-refractivity contribution in [3.05, 3.63) is 53.3 Å². The number of morpholine rings is 1. The second-order valence-corrected chi connectivity index (χ2v) is 14.5. The van der Waals surface area contributed by atoms with Crippen molar-refractivity contribution < 1.29 is 42.4 Å². The predicted molar refractivity (Wildman–Crippen MR) is 182 cm³/mol. The predicted octanol–water partition coefficient (Wildman–Crippen LogP) is 5.03. The lowest BCUT2D eigenvalue weighted by atomic mass is 9.90. The van der Waals surface area contributed by atoms with Gasteiger partial charge in [-0.1, -0.05) is 12.1 Å². The van der Waals surface area contributed by atoms with E-state index in [1.165, 1.54) is 16.2 Å². The minimum Gasteiger partial charge on any atom is -0.480 e. The second kappa shape index (κ2) is 13.6. The first-order valence-corrected chi connectivity index (χ1v) is 18.1. The van der Waals surface area contributed by atoms with Gasteiger partial charge in [-0.25, -0.2) is 33.3 Å². The van der Waals surface area contributed by atoms with Crippen LogP contribution in [0.4, 0.5) is 25.1 Å². The summed E-state index contributed by atoms with van der Waals surface area (Å²) in [6.07, 6.45) is 2.72. The Hall–Kier alpha value is -4.41. The van der Waals surface area contributed by atoms with Gasteiger partial charge in [0.05, 0.1) is 43.0 Å². The van der Waals surface area contributed by atoms with E-state index in [1.807, 2.05) is 17.5 Å². The number of thiophene rings is 1. The maximum Gasteiger partial charge on any atom is 0.410 e. The number of carbonyl (C=O) groups excluding carboxylic acids is 1. The molecule has 0 radical (unpaired) electrons. The molecule has 8 rings (SSSR count). The van der Waals surface area contributed by atoms with E-state index in [4.69, 9.17) is 23.9 Å². The van der Waals surface area contributed by atoms with Gasteiger partial charge < -0.3 is 38.8 Å². The highest BCUT2D eigenvalue weighted by Crippen LogP contribution is 2.41. The molecule has 1 spiro atoms. The molecule has 3 aromatic rings. The minimum absolute atomic E-state index is 0.00663. The third-order valence-corrected chi connectivity index (χ3v) is 11.4. The highest BCUT2D eigenvalue weighted by molar-refractivity contribution is 7.13. The fourth-order valence-corrected chi connectivity index (χ4v) is 7.89. The van der Waals surface area contributed by atoms with E-state index in [9.17, 15) is 23.5 Å². The fraction of sp³-hybridized carbons (Fsp3) is 0.514. The Balaban J connectivity index is 1.08. The van der Waals surface area contributed by atoms with Crippen LogP contribution in [-0.2, 0) is 19.0 Å². The number of nitrogens with zero attached hydrogens (tertiary/aromatic N) is 6. The van der Waals surface area contributed by atoms with E-state index in [0.29, 0.717) is 61.6 Å². The van der Waals surface area contributed by atoms with Gasteiger partial charge in [0.25, 0.3) is 6.43 Å². The minimum atomic E-state index is -2.94. The molecule has 270 valence electrons. The summed E-state index contributed by atoms with van der Waals surface area (Å²) >= 11 is 1.34. The quantitative estimate of drug-likeness (QED) is 0.317. The molecule has 1 saturated carbocycles. The number of aromatic nitrogens is 3. The van der Waals surface area contributed by atoms with Crippen LogP contribution in [0.25, 0.3) is 16.1 Å². The Morgan fingerprint density at radius 2 is 2.00 bits per heavy atom. The summed E-state index contributed by atoms with van der Waals surface area (Å²) in [4.78, 5) is 44.3. The summed E-state index contributed by atoms with van der Waals surface area (Å²) in [5.41, 5.74) is 2.28. The molecule has 0 unspecified atom stereocenters. The van der Waals surface area contributed by atoms with Crippen LogP contribution in [0, 0.1) is 0 Å². The van der Waals surface area contributed by atoms with Crippen molar-refractivity contribution in [2.45, 2.75) is 68.9 Å². The number of pyridine rings is 1. The number of aliphatic carboxylic acids is 1. The number of carbonyl (C=O) groups is 2. The zero-order chi connectivity index (χ0) is 35.3. The summed E-state index contributed by atoms with van der Waals surface area (Å²) in [5.74, 6) is -1.39. The van der Waals surface area contributed by atoms with Crippen molar-refractivity contribution in [2.24, 2.45) is 0 Å². The topological polar surface area (TPSA) is 140 Å². The van der Waals surface area contributed by atoms with Gasteiger partial charge in [-0.3, -0.25) is 0 Å². The summed E-state index contributed by atoms with van der Waals surface area (Å²) in [5, 5.41) is 12.1. The molecule has 16 heteroatoms. The van der Waals surface area contributed by atoms with E-state index in [-0.39, 0.29) is 37.0 Å². The Morgan fingerprint density at radius 3 is 2.69 bits per heavy atom. The van der Waals surface area contributed by atoms with Crippen LogP contribution in [0.1, 0.15) is 50.4 Å². The molecule has 5 aliphatic rings. The average molecular weight is 725 g/mol. The van der Waals surface area contributed by atoms with E-state index in [2.05, 4.69) is 21.8 Å². The third kappa shape index (κ3) is 6.48. The molecule has 51 heavy (non-hydrogen) atoms. The Morgan fingerprint density at radius 1 is 1.16 bits per heavy atom. The molecule has 13 nitrogen and oxygen atoms in total. The molecule has 3 atom stereocenters. The number of rotatable bonds is 9. The maximum absolute atomic E-state index is 13.9. The number of carboxylic acids is 1. The SMILES string of the molecule is C[C@@H]1N(c2cc(C3=CCN(C(=O)OC4CCC4)C3)cnc2O[C@H]2C[C@@H](C(=O)O)N(c3cc(-c4cccs4)nc(C(F)F)n3)C2)CCOC12COC2. The van der Waals surface area contributed by atoms with E-state index in [1.54, 1.807) is 29.3 Å². The molecule has 3 saturated heterocycles. The number of anilines is 2. The van der Waals surface area contributed by atoms with Crippen molar-refractivity contribution in [1.82, 2.24) is 19.9 Å². The van der Waals surface area contributed by atoms with Crippen molar-refractivity contribution in [2.75, 3.05) is 55.8 Å². The van der Waals surface area contributed by atoms with Crippen molar-refractivity contribution in [3.63, 3.8) is 0 Å². The Labute approximate surface area is 296 Å². The molecule has 4 aliphatic heterocycles. The van der Waals surface area contributed by atoms with Crippen LogP contribution >= 0.6 is 11.3 Å². The lowest BCUT2D eigenvalue weighted by Crippen LogP contribution is -2.68. The molecule has 1 aliphatic carbocycles. The average Bonchev–Trinajstić information content (AvgIpc) is 3.88. The molecule has 7 heterocycles. The van der Waals surface area contributed by atoms with Crippen LogP contribution < -0.4 is 14.5 Å². The van der Waals surface area contributed by atoms with Crippen molar-refractivity contribution >= 4 is 40.5 Å². The molecule has 0 aromatic carbocycles. The van der Waals surface area contributed by atoms with Gasteiger partial charge in [0.15, 0.2) is 5.82 Å². The summed E-state index contributed by atoms with van der Waals surface area (Å²) in [7, 11) is 0. The third-order valence-electron chi connectivity index (χ3n) is 10.5. The van der Waals surface area contributed by atoms with E-state index < -0.39 is 36.0 Å². The van der Waals surface area contributed by atoms with Gasteiger partial charge in [0, 0.05) is 38.3 Å². The first kappa shape index (κ1) is 33.7. The molecular weight excluding hydrogens is 686 g/mol. The number of alkyl halides is 2. The summed E-state index contributed by atoms with van der Waals surface area (Å²) in [6, 6.07) is 5.92. The number of hydrogen-bond acceptors (Lipinski definition) is 12. The standard InChI is InChI=1S/C35H38F2N6O7S/c1-20-35(18-47-19-35)48-10-9-42(20)26-12-22(21-7-8-41(16-21)34(46)50-23-4-2-5-23)15-38-32(26)49-24-13-27(33(44)45)43(17-24)29-14-25(28-6-3-11-51-28)39-31(40-29)30(36)37/h3,6-7,11-12,14-15,20,23-24,27,30H,2,4-5,8-10,13,16-19H2,1H3,(H,44,45)/t20-,24-,27-/m0/s1. The molecule has 1 amide bonds. The number of carboxylic acid groups (broad SMARTS) is 1. The molecule has 3 aromatic heterocycles. The zero-order valence-corrected chi connectivity index (χ0v) is 28.8. The second-order valence-electron chi connectivity index (χ2n) is 13.6. The monoisotopic (exact) mass is 724 g/mol. The zero-order valence-electron chi connectivity index (χ0n) is 28.0. The van der Waals surface area contributed by atoms with Gasteiger partial charge in [0.2, 0.25) is 5.88 Å². The largest absolute Gasteiger partial charge is 0.480 e. The Kier molecular flexibility index (Phi) is 9.00. The highest BCUT2D eigenvalue weighted by atomic mass is 32.1. The first-order valence-electron chi connectivity index (χ1n) is 17.2. The molecule has 1 N–H and O–H groups in total. The van der Waals surface area contributed by atoms with Gasteiger partial charge in [-0.2, -0.15) is 0 Å². The van der Waals surface area contributed by atoms with Crippen LogP contribution in [0.15, 0.2) is 41.9 Å².